The summed E-state index contributed by atoms with van der Waals surface area (Å²) in [4.78, 5) is 4.33. The third kappa shape index (κ3) is 1.35. The normalized spacial score (nSPS) is 10.8. The minimum absolute atomic E-state index is 0.266. The zero-order valence-corrected chi connectivity index (χ0v) is 8.31. The van der Waals surface area contributed by atoms with Crippen LogP contribution in [-0.2, 0) is 0 Å². The number of fused-ring (bicyclic) bond motifs is 1. The second kappa shape index (κ2) is 3.41. The molecule has 0 radical (unpaired) electrons. The summed E-state index contributed by atoms with van der Waals surface area (Å²) in [5.74, 6) is -0.266. The number of H-pyrrole nitrogens is 1. The van der Waals surface area contributed by atoms with E-state index < -0.39 is 0 Å². The lowest BCUT2D eigenvalue weighted by Crippen LogP contribution is -1.87. The van der Waals surface area contributed by atoms with E-state index in [-0.39, 0.29) is 5.82 Å². The van der Waals surface area contributed by atoms with Crippen molar-refractivity contribution in [3.05, 3.63) is 48.4 Å². The second-order valence-electron chi connectivity index (χ2n) is 3.48. The first-order chi connectivity index (χ1) is 7.84. The SMILES string of the molecule is Fc1ccccc1-c1ccc2[nH]ncc2n1. The second-order valence-corrected chi connectivity index (χ2v) is 3.48. The van der Waals surface area contributed by atoms with Crippen LogP contribution in [0.4, 0.5) is 4.39 Å². The Kier molecular flexibility index (Phi) is 1.93. The highest BCUT2D eigenvalue weighted by molar-refractivity contribution is 5.77. The average molecular weight is 213 g/mol. The largest absolute Gasteiger partial charge is 0.276 e. The number of nitrogens with one attached hydrogen (secondary N) is 1. The number of hydrogen-bond donors (Lipinski definition) is 1. The standard InChI is InChI=1S/C12H8FN3/c13-9-4-2-1-3-8(9)10-5-6-11-12(15-10)7-14-16-11/h1-7H,(H,14,16). The fourth-order valence-corrected chi connectivity index (χ4v) is 1.65. The number of aromatic nitrogens is 3. The Hall–Kier alpha value is -2.23. The van der Waals surface area contributed by atoms with E-state index in [9.17, 15) is 4.39 Å². The highest BCUT2D eigenvalue weighted by atomic mass is 19.1. The number of aromatic amines is 1. The third-order valence-corrected chi connectivity index (χ3v) is 2.45. The molecule has 3 rings (SSSR count). The zero-order valence-electron chi connectivity index (χ0n) is 8.31. The third-order valence-electron chi connectivity index (χ3n) is 2.45. The molecular formula is C12H8FN3. The van der Waals surface area contributed by atoms with Gasteiger partial charge in [0, 0.05) is 5.56 Å². The molecule has 0 aliphatic carbocycles. The van der Waals surface area contributed by atoms with Gasteiger partial charge >= 0.3 is 0 Å². The Morgan fingerprint density at radius 1 is 1.06 bits per heavy atom. The van der Waals surface area contributed by atoms with Crippen LogP contribution in [0.15, 0.2) is 42.6 Å². The van der Waals surface area contributed by atoms with Crippen LogP contribution in [0, 0.1) is 5.82 Å². The van der Waals surface area contributed by atoms with Crippen molar-refractivity contribution in [1.29, 1.82) is 0 Å². The molecule has 4 heteroatoms. The predicted molar refractivity (Wildman–Crippen MR) is 59.3 cm³/mol. The number of rotatable bonds is 1. The van der Waals surface area contributed by atoms with Crippen molar-refractivity contribution in [3.8, 4) is 11.3 Å². The van der Waals surface area contributed by atoms with Crippen LogP contribution in [0.2, 0.25) is 0 Å². The van der Waals surface area contributed by atoms with Crippen LogP contribution in [0.5, 0.6) is 0 Å². The summed E-state index contributed by atoms with van der Waals surface area (Å²) in [6, 6.07) is 10.2. The fraction of sp³-hybridized carbons (Fsp3) is 0. The van der Waals surface area contributed by atoms with E-state index in [1.54, 1.807) is 30.5 Å². The molecule has 1 aromatic carbocycles. The molecule has 78 valence electrons. The quantitative estimate of drug-likeness (QED) is 0.675. The molecule has 0 fully saturated rings. The van der Waals surface area contributed by atoms with Gasteiger partial charge in [-0.25, -0.2) is 9.37 Å². The average Bonchev–Trinajstić information content (AvgIpc) is 2.76. The number of hydrogen-bond acceptors (Lipinski definition) is 2. The Morgan fingerprint density at radius 2 is 1.94 bits per heavy atom. The van der Waals surface area contributed by atoms with E-state index in [0.717, 1.165) is 11.0 Å². The lowest BCUT2D eigenvalue weighted by molar-refractivity contribution is 0.631. The first-order valence-corrected chi connectivity index (χ1v) is 4.89. The molecule has 0 saturated heterocycles. The Bertz CT molecular complexity index is 645. The van der Waals surface area contributed by atoms with Crippen molar-refractivity contribution in [2.45, 2.75) is 0 Å². The van der Waals surface area contributed by atoms with E-state index in [0.29, 0.717) is 11.3 Å². The lowest BCUT2D eigenvalue weighted by Gasteiger charge is -2.01. The fourth-order valence-electron chi connectivity index (χ4n) is 1.65. The molecule has 2 aromatic heterocycles. The molecule has 0 bridgehead atoms. The van der Waals surface area contributed by atoms with Crippen LogP contribution in [0.3, 0.4) is 0 Å². The summed E-state index contributed by atoms with van der Waals surface area (Å²) < 4.78 is 13.5. The van der Waals surface area contributed by atoms with Crippen LogP contribution in [-0.4, -0.2) is 15.2 Å². The van der Waals surface area contributed by atoms with Crippen molar-refractivity contribution < 1.29 is 4.39 Å². The smallest absolute Gasteiger partial charge is 0.132 e. The number of nitrogens with zero attached hydrogens (tertiary/aromatic N) is 2. The minimum Gasteiger partial charge on any atom is -0.276 e. The molecule has 0 aliphatic rings. The topological polar surface area (TPSA) is 41.6 Å². The minimum atomic E-state index is -0.266. The monoisotopic (exact) mass is 213 g/mol. The van der Waals surface area contributed by atoms with Gasteiger partial charge in [-0.15, -0.1) is 0 Å². The molecule has 0 amide bonds. The molecule has 0 atom stereocenters. The van der Waals surface area contributed by atoms with Gasteiger partial charge in [-0.3, -0.25) is 5.10 Å². The Labute approximate surface area is 91.0 Å². The van der Waals surface area contributed by atoms with E-state index >= 15 is 0 Å². The highest BCUT2D eigenvalue weighted by Crippen LogP contribution is 2.22. The molecule has 3 nitrogen and oxygen atoms in total. The first kappa shape index (κ1) is 9.03. The molecule has 1 N–H and O–H groups in total. The summed E-state index contributed by atoms with van der Waals surface area (Å²) in [6.07, 6.45) is 1.62. The summed E-state index contributed by atoms with van der Waals surface area (Å²) in [5.41, 5.74) is 2.71. The predicted octanol–water partition coefficient (Wildman–Crippen LogP) is 2.76. The summed E-state index contributed by atoms with van der Waals surface area (Å²) >= 11 is 0. The van der Waals surface area contributed by atoms with Crippen molar-refractivity contribution in [1.82, 2.24) is 15.2 Å². The van der Waals surface area contributed by atoms with Crippen LogP contribution in [0.25, 0.3) is 22.3 Å². The van der Waals surface area contributed by atoms with Gasteiger partial charge in [0.2, 0.25) is 0 Å². The van der Waals surface area contributed by atoms with E-state index in [4.69, 9.17) is 0 Å². The molecule has 0 saturated carbocycles. The lowest BCUT2D eigenvalue weighted by atomic mass is 10.1. The molecule has 0 spiro atoms. The van der Waals surface area contributed by atoms with Crippen molar-refractivity contribution in [3.63, 3.8) is 0 Å². The zero-order chi connectivity index (χ0) is 11.0. The summed E-state index contributed by atoms with van der Waals surface area (Å²) in [6.45, 7) is 0. The molecule has 0 unspecified atom stereocenters. The maximum Gasteiger partial charge on any atom is 0.132 e. The molecular weight excluding hydrogens is 205 g/mol. The van der Waals surface area contributed by atoms with Crippen LogP contribution in [0.1, 0.15) is 0 Å². The van der Waals surface area contributed by atoms with Gasteiger partial charge in [-0.1, -0.05) is 12.1 Å². The van der Waals surface area contributed by atoms with Crippen LogP contribution >= 0.6 is 0 Å². The van der Waals surface area contributed by atoms with Crippen molar-refractivity contribution in [2.24, 2.45) is 0 Å². The summed E-state index contributed by atoms with van der Waals surface area (Å²) in [7, 11) is 0. The maximum atomic E-state index is 13.5. The molecule has 3 aromatic rings. The van der Waals surface area contributed by atoms with Gasteiger partial charge in [-0.2, -0.15) is 5.10 Å². The van der Waals surface area contributed by atoms with Gasteiger partial charge in [0.05, 0.1) is 17.4 Å². The van der Waals surface area contributed by atoms with Crippen LogP contribution < -0.4 is 0 Å². The molecule has 16 heavy (non-hydrogen) atoms. The Morgan fingerprint density at radius 3 is 2.81 bits per heavy atom. The Balaban J connectivity index is 2.22. The first-order valence-electron chi connectivity index (χ1n) is 4.89. The van der Waals surface area contributed by atoms with Gasteiger partial charge in [0.25, 0.3) is 0 Å². The number of halogens is 1. The van der Waals surface area contributed by atoms with E-state index in [2.05, 4.69) is 15.2 Å². The number of pyridine rings is 1. The van der Waals surface area contributed by atoms with Crippen molar-refractivity contribution >= 4 is 11.0 Å². The van der Waals surface area contributed by atoms with Gasteiger partial charge in [-0.05, 0) is 24.3 Å². The molecule has 2 heterocycles. The number of benzene rings is 1. The highest BCUT2D eigenvalue weighted by Gasteiger charge is 2.06. The molecule has 0 aliphatic heterocycles. The summed E-state index contributed by atoms with van der Waals surface area (Å²) in [5, 5.41) is 6.68. The van der Waals surface area contributed by atoms with E-state index in [1.165, 1.54) is 6.07 Å². The van der Waals surface area contributed by atoms with Crippen molar-refractivity contribution in [2.75, 3.05) is 0 Å². The maximum absolute atomic E-state index is 13.5. The van der Waals surface area contributed by atoms with Gasteiger partial charge in [0.1, 0.15) is 11.3 Å². The van der Waals surface area contributed by atoms with Gasteiger partial charge in [0.15, 0.2) is 0 Å². The van der Waals surface area contributed by atoms with Gasteiger partial charge < -0.3 is 0 Å². The van der Waals surface area contributed by atoms with E-state index in [1.807, 2.05) is 6.07 Å².